The Morgan fingerprint density at radius 2 is 1.69 bits per heavy atom. The normalized spacial score (nSPS) is 11.9. The van der Waals surface area contributed by atoms with Crippen LogP contribution in [0.4, 0.5) is 4.39 Å². The molecule has 0 aliphatic carbocycles. The van der Waals surface area contributed by atoms with Gasteiger partial charge in [-0.25, -0.2) is 4.39 Å². The van der Waals surface area contributed by atoms with E-state index >= 15 is 0 Å². The number of halogens is 2. The fraction of sp³-hybridized carbons (Fsp3) is 0.296. The second kappa shape index (κ2) is 14.4. The third kappa shape index (κ3) is 8.10. The molecule has 1 heterocycles. The average Bonchev–Trinajstić information content (AvgIpc) is 2.81. The maximum atomic E-state index is 13.2. The molecular formula is C27H33ClFNO2. The molecule has 3 nitrogen and oxygen atoms in total. The molecular weight excluding hydrogens is 425 g/mol. The Kier molecular flexibility index (Phi) is 12.3. The lowest BCUT2D eigenvalue weighted by Crippen LogP contribution is -2.09. The van der Waals surface area contributed by atoms with Crippen LogP contribution in [0.3, 0.4) is 0 Å². The summed E-state index contributed by atoms with van der Waals surface area (Å²) in [6, 6.07) is 14.4. The fourth-order valence-corrected chi connectivity index (χ4v) is 3.13. The summed E-state index contributed by atoms with van der Waals surface area (Å²) in [7, 11) is 0. The van der Waals surface area contributed by atoms with Crippen molar-refractivity contribution in [3.8, 4) is 0 Å². The highest BCUT2D eigenvalue weighted by atomic mass is 35.5. The predicted molar refractivity (Wildman–Crippen MR) is 132 cm³/mol. The number of hydrogen-bond acceptors (Lipinski definition) is 3. The van der Waals surface area contributed by atoms with Crippen molar-refractivity contribution in [2.24, 2.45) is 0 Å². The molecule has 0 saturated carbocycles. The number of nitrogens with zero attached hydrogens (tertiary/aromatic N) is 1. The van der Waals surface area contributed by atoms with Gasteiger partial charge in [-0.1, -0.05) is 57.8 Å². The second-order valence-electron chi connectivity index (χ2n) is 7.02. The van der Waals surface area contributed by atoms with Crippen molar-refractivity contribution < 1.29 is 14.6 Å². The van der Waals surface area contributed by atoms with Gasteiger partial charge in [0.2, 0.25) is 0 Å². The number of pyridine rings is 1. The molecule has 0 saturated heterocycles. The molecule has 0 radical (unpaired) electrons. The van der Waals surface area contributed by atoms with Gasteiger partial charge in [-0.3, -0.25) is 4.98 Å². The first-order valence-electron chi connectivity index (χ1n) is 10.9. The number of rotatable bonds is 5. The van der Waals surface area contributed by atoms with E-state index in [1.54, 1.807) is 30.6 Å². The van der Waals surface area contributed by atoms with E-state index in [1.807, 2.05) is 32.9 Å². The Morgan fingerprint density at radius 1 is 1.06 bits per heavy atom. The third-order valence-corrected chi connectivity index (χ3v) is 4.67. The first-order valence-corrected chi connectivity index (χ1v) is 11.3. The maximum Gasteiger partial charge on any atom is 0.125 e. The number of aromatic nitrogens is 1. The highest BCUT2D eigenvalue weighted by molar-refractivity contribution is 6.30. The Morgan fingerprint density at radius 3 is 2.22 bits per heavy atom. The minimum Gasteiger partial charge on any atom is -0.507 e. The number of aliphatic hydroxyl groups excluding tert-OH is 2. The Hall–Kier alpha value is -2.69. The van der Waals surface area contributed by atoms with Crippen LogP contribution in [0.25, 0.3) is 5.76 Å². The van der Waals surface area contributed by atoms with Gasteiger partial charge in [-0.2, -0.15) is 0 Å². The van der Waals surface area contributed by atoms with Crippen LogP contribution in [0.2, 0.25) is 5.02 Å². The van der Waals surface area contributed by atoms with Crippen molar-refractivity contribution in [3.63, 3.8) is 0 Å². The minimum absolute atomic E-state index is 0.0827. The molecule has 3 aromatic rings. The standard InChI is InChI=1S/C22H19ClFNO2.C3H8.C2H6/c1-14-11-18(23)7-4-16(14)12-20(22(27)17-3-2-10-25-13-17)21(26)15-5-8-19(24)9-6-15;1-3-2;1-2/h2-11,13,22,26-27H,12H2,1H3;3H2,1-2H3;1-2H3/b21-20+;;. The Bertz CT molecular complexity index is 973. The number of aryl methyl sites for hydroxylation is 1. The van der Waals surface area contributed by atoms with Crippen LogP contribution >= 0.6 is 11.6 Å². The smallest absolute Gasteiger partial charge is 0.125 e. The molecule has 0 bridgehead atoms. The van der Waals surface area contributed by atoms with Gasteiger partial charge in [0.25, 0.3) is 0 Å². The van der Waals surface area contributed by atoms with Gasteiger partial charge in [0.1, 0.15) is 17.7 Å². The van der Waals surface area contributed by atoms with Crippen LogP contribution in [0.5, 0.6) is 0 Å². The summed E-state index contributed by atoms with van der Waals surface area (Å²) in [5.74, 6) is -0.477. The van der Waals surface area contributed by atoms with Crippen LogP contribution in [-0.2, 0) is 6.42 Å². The number of aliphatic hydroxyl groups is 2. The monoisotopic (exact) mass is 457 g/mol. The van der Waals surface area contributed by atoms with E-state index in [4.69, 9.17) is 11.6 Å². The second-order valence-corrected chi connectivity index (χ2v) is 7.46. The highest BCUT2D eigenvalue weighted by Gasteiger charge is 2.20. The first-order chi connectivity index (χ1) is 15.4. The SMILES string of the molecule is CC.CCC.Cc1cc(Cl)ccc1C/C(=C(\O)c1ccc(F)cc1)C(O)c1cccnc1. The van der Waals surface area contributed by atoms with Gasteiger partial charge >= 0.3 is 0 Å². The van der Waals surface area contributed by atoms with E-state index in [2.05, 4.69) is 18.8 Å². The Labute approximate surface area is 196 Å². The molecule has 5 heteroatoms. The first kappa shape index (κ1) is 27.3. The molecule has 0 aliphatic rings. The summed E-state index contributed by atoms with van der Waals surface area (Å²) in [5.41, 5.74) is 3.27. The van der Waals surface area contributed by atoms with Gasteiger partial charge in [-0.15, -0.1) is 0 Å². The van der Waals surface area contributed by atoms with Crippen molar-refractivity contribution >= 4 is 17.4 Å². The summed E-state index contributed by atoms with van der Waals surface area (Å²) in [4.78, 5) is 4.04. The summed E-state index contributed by atoms with van der Waals surface area (Å²) in [5, 5.41) is 22.4. The van der Waals surface area contributed by atoms with Gasteiger partial charge in [-0.05, 0) is 60.5 Å². The van der Waals surface area contributed by atoms with Crippen molar-refractivity contribution in [3.05, 3.63) is 106 Å². The topological polar surface area (TPSA) is 53.4 Å². The highest BCUT2D eigenvalue weighted by Crippen LogP contribution is 2.31. The van der Waals surface area contributed by atoms with Gasteiger partial charge in [0, 0.05) is 40.5 Å². The summed E-state index contributed by atoms with van der Waals surface area (Å²) < 4.78 is 13.2. The van der Waals surface area contributed by atoms with Gasteiger partial charge in [0.05, 0.1) is 0 Å². The molecule has 0 amide bonds. The van der Waals surface area contributed by atoms with Crippen molar-refractivity contribution in [2.45, 2.75) is 53.6 Å². The molecule has 1 aromatic heterocycles. The zero-order valence-corrected chi connectivity index (χ0v) is 20.2. The summed E-state index contributed by atoms with van der Waals surface area (Å²) in [6.45, 7) is 10.2. The number of hydrogen-bond donors (Lipinski definition) is 2. The number of benzene rings is 2. The quantitative estimate of drug-likeness (QED) is 0.383. The third-order valence-electron chi connectivity index (χ3n) is 4.44. The maximum absolute atomic E-state index is 13.2. The largest absolute Gasteiger partial charge is 0.507 e. The average molecular weight is 458 g/mol. The molecule has 2 aromatic carbocycles. The van der Waals surface area contributed by atoms with E-state index in [9.17, 15) is 14.6 Å². The molecule has 1 atom stereocenters. The van der Waals surface area contributed by atoms with Crippen LogP contribution in [0.15, 0.2) is 72.6 Å². The fourth-order valence-electron chi connectivity index (χ4n) is 2.90. The van der Waals surface area contributed by atoms with E-state index in [-0.39, 0.29) is 5.76 Å². The molecule has 0 aliphatic heterocycles. The van der Waals surface area contributed by atoms with Crippen molar-refractivity contribution in [1.82, 2.24) is 4.98 Å². The molecule has 0 spiro atoms. The molecule has 3 rings (SSSR count). The van der Waals surface area contributed by atoms with E-state index in [0.29, 0.717) is 28.1 Å². The zero-order chi connectivity index (χ0) is 24.1. The molecule has 1 unspecified atom stereocenters. The lowest BCUT2D eigenvalue weighted by Gasteiger charge is -2.19. The molecule has 172 valence electrons. The lowest BCUT2D eigenvalue weighted by atomic mass is 9.91. The molecule has 32 heavy (non-hydrogen) atoms. The van der Waals surface area contributed by atoms with Crippen LogP contribution < -0.4 is 0 Å². The Balaban J connectivity index is 0.000000944. The van der Waals surface area contributed by atoms with Crippen molar-refractivity contribution in [1.29, 1.82) is 0 Å². The van der Waals surface area contributed by atoms with Gasteiger partial charge < -0.3 is 10.2 Å². The van der Waals surface area contributed by atoms with Crippen LogP contribution in [-0.4, -0.2) is 15.2 Å². The zero-order valence-electron chi connectivity index (χ0n) is 19.4. The van der Waals surface area contributed by atoms with Gasteiger partial charge in [0.15, 0.2) is 0 Å². The van der Waals surface area contributed by atoms with Crippen LogP contribution in [0, 0.1) is 12.7 Å². The lowest BCUT2D eigenvalue weighted by molar-refractivity contribution is 0.210. The minimum atomic E-state index is -1.06. The van der Waals surface area contributed by atoms with E-state index in [1.165, 1.54) is 30.7 Å². The van der Waals surface area contributed by atoms with E-state index in [0.717, 1.165) is 11.1 Å². The predicted octanol–water partition coefficient (Wildman–Crippen LogP) is 7.87. The van der Waals surface area contributed by atoms with Crippen LogP contribution in [0.1, 0.15) is 62.5 Å². The van der Waals surface area contributed by atoms with E-state index < -0.39 is 11.9 Å². The van der Waals surface area contributed by atoms with Crippen molar-refractivity contribution in [2.75, 3.05) is 0 Å². The summed E-state index contributed by atoms with van der Waals surface area (Å²) in [6.07, 6.45) is 3.67. The molecule has 2 N–H and O–H groups in total. The summed E-state index contributed by atoms with van der Waals surface area (Å²) >= 11 is 6.03. The molecule has 0 fully saturated rings.